The average molecular weight is 354 g/mol. The normalized spacial score (nSPS) is 23.8. The van der Waals surface area contributed by atoms with Crippen LogP contribution in [-0.2, 0) is 20.9 Å². The quantitative estimate of drug-likeness (QED) is 0.823. The average Bonchev–Trinajstić information content (AvgIpc) is 2.59. The van der Waals surface area contributed by atoms with E-state index in [4.69, 9.17) is 16.3 Å². The van der Waals surface area contributed by atoms with Gasteiger partial charge >= 0.3 is 5.97 Å². The SMILES string of the molecule is COC(=O)C1CC(C(=O)NCc2nccnc2Cl)CCC1C(C)C. The van der Waals surface area contributed by atoms with E-state index in [0.29, 0.717) is 18.0 Å². The lowest BCUT2D eigenvalue weighted by Crippen LogP contribution is -2.40. The van der Waals surface area contributed by atoms with Crippen LogP contribution in [0.3, 0.4) is 0 Å². The third-order valence-corrected chi connectivity index (χ3v) is 5.10. The van der Waals surface area contributed by atoms with Crippen molar-refractivity contribution in [2.75, 3.05) is 7.11 Å². The fraction of sp³-hybridized carbons (Fsp3) is 0.647. The molecule has 7 heteroatoms. The molecular weight excluding hydrogens is 330 g/mol. The van der Waals surface area contributed by atoms with Gasteiger partial charge in [-0.25, -0.2) is 4.98 Å². The molecule has 1 aromatic rings. The van der Waals surface area contributed by atoms with Crippen LogP contribution in [-0.4, -0.2) is 29.0 Å². The topological polar surface area (TPSA) is 81.2 Å². The molecule has 1 aliphatic rings. The van der Waals surface area contributed by atoms with Crippen molar-refractivity contribution in [2.24, 2.45) is 23.7 Å². The van der Waals surface area contributed by atoms with Gasteiger partial charge in [-0.3, -0.25) is 14.6 Å². The van der Waals surface area contributed by atoms with Crippen molar-refractivity contribution in [2.45, 2.75) is 39.7 Å². The maximum absolute atomic E-state index is 12.5. The Morgan fingerprint density at radius 1 is 1.33 bits per heavy atom. The van der Waals surface area contributed by atoms with E-state index < -0.39 is 0 Å². The predicted octanol–water partition coefficient (Wildman–Crippen LogP) is 2.61. The molecular formula is C17H24ClN3O3. The first kappa shape index (κ1) is 18.6. The predicted molar refractivity (Wildman–Crippen MR) is 90.1 cm³/mol. The van der Waals surface area contributed by atoms with E-state index in [0.717, 1.165) is 12.8 Å². The molecule has 0 saturated heterocycles. The molecule has 3 unspecified atom stereocenters. The third kappa shape index (κ3) is 4.44. The number of esters is 1. The minimum atomic E-state index is -0.223. The van der Waals surface area contributed by atoms with E-state index in [1.807, 2.05) is 0 Å². The van der Waals surface area contributed by atoms with Crippen molar-refractivity contribution in [3.63, 3.8) is 0 Å². The Bertz CT molecular complexity index is 594. The molecule has 1 amide bonds. The molecule has 1 N–H and O–H groups in total. The highest BCUT2D eigenvalue weighted by atomic mass is 35.5. The number of nitrogens with one attached hydrogen (secondary N) is 1. The van der Waals surface area contributed by atoms with Crippen LogP contribution in [0.2, 0.25) is 5.15 Å². The Balaban J connectivity index is 1.97. The second kappa shape index (κ2) is 8.42. The number of carbonyl (C=O) groups is 2. The summed E-state index contributed by atoms with van der Waals surface area (Å²) in [5.74, 6) is -0.0670. The van der Waals surface area contributed by atoms with Crippen molar-refractivity contribution in [3.8, 4) is 0 Å². The largest absolute Gasteiger partial charge is 0.469 e. The van der Waals surface area contributed by atoms with Crippen LogP contribution in [0.1, 0.15) is 38.8 Å². The van der Waals surface area contributed by atoms with Crippen LogP contribution < -0.4 is 5.32 Å². The standard InChI is InChI=1S/C17H24ClN3O3/c1-10(2)12-5-4-11(8-13(12)17(23)24-3)16(22)21-9-14-15(18)20-7-6-19-14/h6-7,10-13H,4-5,8-9H2,1-3H3,(H,21,22). The van der Waals surface area contributed by atoms with E-state index in [1.54, 1.807) is 0 Å². The Hall–Kier alpha value is -1.69. The van der Waals surface area contributed by atoms with Crippen LogP contribution in [0.5, 0.6) is 0 Å². The van der Waals surface area contributed by atoms with E-state index in [2.05, 4.69) is 29.1 Å². The number of methoxy groups -OCH3 is 1. The van der Waals surface area contributed by atoms with Gasteiger partial charge in [0.2, 0.25) is 5.91 Å². The summed E-state index contributed by atoms with van der Waals surface area (Å²) in [6.45, 7) is 4.45. The third-order valence-electron chi connectivity index (χ3n) is 4.79. The van der Waals surface area contributed by atoms with Gasteiger partial charge < -0.3 is 10.1 Å². The van der Waals surface area contributed by atoms with Gasteiger partial charge in [-0.2, -0.15) is 0 Å². The molecule has 3 atom stereocenters. The van der Waals surface area contributed by atoms with Crippen LogP contribution >= 0.6 is 11.6 Å². The highest BCUT2D eigenvalue weighted by Crippen LogP contribution is 2.38. The number of rotatable bonds is 5. The van der Waals surface area contributed by atoms with E-state index in [1.165, 1.54) is 19.5 Å². The van der Waals surface area contributed by atoms with E-state index in [-0.39, 0.29) is 41.3 Å². The zero-order chi connectivity index (χ0) is 17.7. The van der Waals surface area contributed by atoms with Crippen LogP contribution in [0.4, 0.5) is 0 Å². The van der Waals surface area contributed by atoms with Gasteiger partial charge in [-0.15, -0.1) is 0 Å². The Morgan fingerprint density at radius 2 is 2.04 bits per heavy atom. The maximum atomic E-state index is 12.5. The summed E-state index contributed by atoms with van der Waals surface area (Å²) in [5, 5.41) is 3.14. The van der Waals surface area contributed by atoms with Gasteiger partial charge in [0.1, 0.15) is 0 Å². The molecule has 0 radical (unpaired) electrons. The Labute approximate surface area is 147 Å². The van der Waals surface area contributed by atoms with Gasteiger partial charge in [0, 0.05) is 18.3 Å². The second-order valence-electron chi connectivity index (χ2n) is 6.56. The lowest BCUT2D eigenvalue weighted by molar-refractivity contribution is -0.151. The highest BCUT2D eigenvalue weighted by molar-refractivity contribution is 6.29. The molecule has 1 heterocycles. The molecule has 0 aromatic carbocycles. The number of hydrogen-bond acceptors (Lipinski definition) is 5. The minimum Gasteiger partial charge on any atom is -0.469 e. The summed E-state index contributed by atoms with van der Waals surface area (Å²) < 4.78 is 4.94. The number of hydrogen-bond donors (Lipinski definition) is 1. The molecule has 0 bridgehead atoms. The lowest BCUT2D eigenvalue weighted by atomic mass is 9.69. The van der Waals surface area contributed by atoms with Gasteiger partial charge in [0.05, 0.1) is 25.3 Å². The fourth-order valence-corrected chi connectivity index (χ4v) is 3.61. The van der Waals surface area contributed by atoms with Crippen LogP contribution in [0.25, 0.3) is 0 Å². The van der Waals surface area contributed by atoms with Crippen molar-refractivity contribution in [3.05, 3.63) is 23.2 Å². The number of amides is 1. The van der Waals surface area contributed by atoms with Crippen LogP contribution in [0, 0.1) is 23.7 Å². The summed E-state index contributed by atoms with van der Waals surface area (Å²) in [5.41, 5.74) is 0.535. The van der Waals surface area contributed by atoms with Gasteiger partial charge in [0.25, 0.3) is 0 Å². The zero-order valence-electron chi connectivity index (χ0n) is 14.3. The Morgan fingerprint density at radius 3 is 2.67 bits per heavy atom. The summed E-state index contributed by atoms with van der Waals surface area (Å²) >= 11 is 5.94. The molecule has 2 rings (SSSR count). The molecule has 1 aliphatic carbocycles. The highest BCUT2D eigenvalue weighted by Gasteiger charge is 2.39. The number of halogens is 1. The van der Waals surface area contributed by atoms with Crippen molar-refractivity contribution in [1.29, 1.82) is 0 Å². The van der Waals surface area contributed by atoms with Gasteiger partial charge in [-0.1, -0.05) is 25.4 Å². The first-order valence-electron chi connectivity index (χ1n) is 8.25. The fourth-order valence-electron chi connectivity index (χ4n) is 3.44. The van der Waals surface area contributed by atoms with E-state index in [9.17, 15) is 9.59 Å². The number of carbonyl (C=O) groups excluding carboxylic acids is 2. The van der Waals surface area contributed by atoms with Gasteiger partial charge in [0.15, 0.2) is 5.15 Å². The minimum absolute atomic E-state index is 0.0761. The van der Waals surface area contributed by atoms with Gasteiger partial charge in [-0.05, 0) is 31.1 Å². The smallest absolute Gasteiger partial charge is 0.308 e. The molecule has 0 spiro atoms. The first-order chi connectivity index (χ1) is 11.4. The summed E-state index contributed by atoms with van der Waals surface area (Å²) in [4.78, 5) is 32.6. The maximum Gasteiger partial charge on any atom is 0.308 e. The van der Waals surface area contributed by atoms with Crippen LogP contribution in [0.15, 0.2) is 12.4 Å². The van der Waals surface area contributed by atoms with Crippen molar-refractivity contribution < 1.29 is 14.3 Å². The molecule has 0 aliphatic heterocycles. The lowest BCUT2D eigenvalue weighted by Gasteiger charge is -2.36. The molecule has 1 saturated carbocycles. The van der Waals surface area contributed by atoms with Crippen molar-refractivity contribution >= 4 is 23.5 Å². The van der Waals surface area contributed by atoms with Crippen molar-refractivity contribution in [1.82, 2.24) is 15.3 Å². The monoisotopic (exact) mass is 353 g/mol. The first-order valence-corrected chi connectivity index (χ1v) is 8.62. The second-order valence-corrected chi connectivity index (χ2v) is 6.92. The molecule has 1 fully saturated rings. The summed E-state index contributed by atoms with van der Waals surface area (Å²) in [6, 6.07) is 0. The zero-order valence-corrected chi connectivity index (χ0v) is 15.0. The molecule has 24 heavy (non-hydrogen) atoms. The number of nitrogens with zero attached hydrogens (tertiary/aromatic N) is 2. The van der Waals surface area contributed by atoms with E-state index >= 15 is 0 Å². The molecule has 6 nitrogen and oxygen atoms in total. The number of aromatic nitrogens is 2. The summed E-state index contributed by atoms with van der Waals surface area (Å²) in [6.07, 6.45) is 5.18. The Kier molecular flexibility index (Phi) is 6.54. The number of ether oxygens (including phenoxy) is 1. The summed E-state index contributed by atoms with van der Waals surface area (Å²) in [7, 11) is 1.40. The molecule has 1 aromatic heterocycles. The molecule has 132 valence electrons.